The number of thiophene rings is 1. The lowest BCUT2D eigenvalue weighted by atomic mass is 10.0. The van der Waals surface area contributed by atoms with E-state index in [1.165, 1.54) is 13.2 Å². The van der Waals surface area contributed by atoms with Crippen molar-refractivity contribution in [2.75, 3.05) is 20.2 Å². The summed E-state index contributed by atoms with van der Waals surface area (Å²) in [5.41, 5.74) is 4.33. The molecule has 4 rings (SSSR count). The Morgan fingerprint density at radius 1 is 1.12 bits per heavy atom. The molecule has 0 saturated carbocycles. The Morgan fingerprint density at radius 2 is 1.94 bits per heavy atom. The summed E-state index contributed by atoms with van der Waals surface area (Å²) in [6.45, 7) is 5.39. The Kier molecular flexibility index (Phi) is 6.65. The smallest absolute Gasteiger partial charge is 0.257 e. The third-order valence-corrected chi connectivity index (χ3v) is 6.72. The zero-order chi connectivity index (χ0) is 23.5. The van der Waals surface area contributed by atoms with E-state index < -0.39 is 0 Å². The fraction of sp³-hybridized carbons (Fsp3) is 0.320. The van der Waals surface area contributed by atoms with Crippen molar-refractivity contribution in [2.45, 2.75) is 33.4 Å². The summed E-state index contributed by atoms with van der Waals surface area (Å²) in [4.78, 5) is 41.0. The molecule has 33 heavy (non-hydrogen) atoms. The van der Waals surface area contributed by atoms with Crippen LogP contribution >= 0.6 is 11.3 Å². The third-order valence-electron chi connectivity index (χ3n) is 5.98. The minimum atomic E-state index is -0.295. The van der Waals surface area contributed by atoms with Crippen LogP contribution in [0.15, 0.2) is 45.9 Å². The molecule has 1 N–H and O–H groups in total. The van der Waals surface area contributed by atoms with E-state index in [0.29, 0.717) is 49.4 Å². The maximum atomic E-state index is 13.3. The Hall–Kier alpha value is -3.39. The Labute approximate surface area is 196 Å². The average molecular weight is 466 g/mol. The van der Waals surface area contributed by atoms with Crippen LogP contribution in [0, 0.1) is 13.8 Å². The monoisotopic (exact) mass is 465 g/mol. The van der Waals surface area contributed by atoms with Crippen LogP contribution in [0.2, 0.25) is 0 Å². The van der Waals surface area contributed by atoms with Gasteiger partial charge in [-0.15, -0.1) is 0 Å². The molecule has 0 fully saturated rings. The highest BCUT2D eigenvalue weighted by molar-refractivity contribution is 7.07. The van der Waals surface area contributed by atoms with Crippen LogP contribution < -0.4 is 15.6 Å². The van der Waals surface area contributed by atoms with Crippen molar-refractivity contribution in [2.24, 2.45) is 0 Å². The number of hydrogen-bond donors (Lipinski definition) is 1. The van der Waals surface area contributed by atoms with Crippen LogP contribution in [0.25, 0.3) is 0 Å². The number of benzene rings is 1. The van der Waals surface area contributed by atoms with Gasteiger partial charge in [0.05, 0.1) is 7.11 Å². The maximum Gasteiger partial charge on any atom is 0.257 e. The highest BCUT2D eigenvalue weighted by atomic mass is 32.1. The number of fused-ring (bicyclic) bond motifs is 1. The SMILES string of the molecule is COc1cc(=O)n2c(c1C(=O)NCc1ccsc1)CCN(C(=O)c1cc(C)ccc1C)CC2. The average Bonchev–Trinajstić information content (AvgIpc) is 3.23. The van der Waals surface area contributed by atoms with E-state index >= 15 is 0 Å². The molecule has 0 spiro atoms. The van der Waals surface area contributed by atoms with Gasteiger partial charge in [-0.3, -0.25) is 14.4 Å². The third kappa shape index (κ3) is 4.71. The van der Waals surface area contributed by atoms with Crippen molar-refractivity contribution in [3.63, 3.8) is 0 Å². The van der Waals surface area contributed by atoms with Crippen LogP contribution in [0.4, 0.5) is 0 Å². The van der Waals surface area contributed by atoms with Crippen LogP contribution in [0.1, 0.15) is 43.1 Å². The Morgan fingerprint density at radius 3 is 2.67 bits per heavy atom. The van der Waals surface area contributed by atoms with Gasteiger partial charge in [0.15, 0.2) is 0 Å². The zero-order valence-corrected chi connectivity index (χ0v) is 19.8. The fourth-order valence-corrected chi connectivity index (χ4v) is 4.83. The predicted octanol–water partition coefficient (Wildman–Crippen LogP) is 3.16. The summed E-state index contributed by atoms with van der Waals surface area (Å²) in [7, 11) is 1.45. The number of rotatable bonds is 5. The van der Waals surface area contributed by atoms with Crippen LogP contribution in [-0.2, 0) is 19.5 Å². The van der Waals surface area contributed by atoms with Crippen molar-refractivity contribution in [1.29, 1.82) is 0 Å². The molecule has 0 saturated heterocycles. The van der Waals surface area contributed by atoms with E-state index in [1.54, 1.807) is 20.8 Å². The number of carbonyl (C=O) groups excluding carboxylic acids is 2. The first kappa shape index (κ1) is 22.8. The van der Waals surface area contributed by atoms with Crippen molar-refractivity contribution < 1.29 is 14.3 Å². The van der Waals surface area contributed by atoms with Gasteiger partial charge in [0.2, 0.25) is 0 Å². The second-order valence-corrected chi connectivity index (χ2v) is 8.98. The van der Waals surface area contributed by atoms with Crippen LogP contribution in [-0.4, -0.2) is 41.5 Å². The normalized spacial score (nSPS) is 13.2. The highest BCUT2D eigenvalue weighted by Crippen LogP contribution is 2.24. The summed E-state index contributed by atoms with van der Waals surface area (Å²) >= 11 is 1.57. The van der Waals surface area contributed by atoms with Crippen molar-refractivity contribution >= 4 is 23.2 Å². The molecule has 0 aliphatic carbocycles. The fourth-order valence-electron chi connectivity index (χ4n) is 4.16. The van der Waals surface area contributed by atoms with E-state index in [1.807, 2.05) is 48.9 Å². The van der Waals surface area contributed by atoms with Crippen molar-refractivity contribution in [1.82, 2.24) is 14.8 Å². The van der Waals surface area contributed by atoms with Gasteiger partial charge in [-0.05, 0) is 47.9 Å². The summed E-state index contributed by atoms with van der Waals surface area (Å²) < 4.78 is 7.01. The van der Waals surface area contributed by atoms with Gasteiger partial charge in [-0.25, -0.2) is 0 Å². The number of ether oxygens (including phenoxy) is 1. The van der Waals surface area contributed by atoms with Crippen LogP contribution in [0.5, 0.6) is 5.75 Å². The van der Waals surface area contributed by atoms with E-state index in [-0.39, 0.29) is 23.1 Å². The molecule has 3 aromatic rings. The number of nitrogens with one attached hydrogen (secondary N) is 1. The minimum Gasteiger partial charge on any atom is -0.496 e. The zero-order valence-electron chi connectivity index (χ0n) is 19.0. The van der Waals surface area contributed by atoms with Crippen molar-refractivity contribution in [3.05, 3.63) is 85.0 Å². The van der Waals surface area contributed by atoms with Gasteiger partial charge in [0.25, 0.3) is 17.4 Å². The molecule has 7 nitrogen and oxygen atoms in total. The lowest BCUT2D eigenvalue weighted by Crippen LogP contribution is -2.34. The number of aryl methyl sites for hydroxylation is 2. The van der Waals surface area contributed by atoms with E-state index in [4.69, 9.17) is 4.74 Å². The number of pyridine rings is 1. The van der Waals surface area contributed by atoms with E-state index in [2.05, 4.69) is 5.32 Å². The summed E-state index contributed by atoms with van der Waals surface area (Å²) in [5, 5.41) is 6.86. The first-order valence-corrected chi connectivity index (χ1v) is 11.8. The van der Waals surface area contributed by atoms with E-state index in [9.17, 15) is 14.4 Å². The summed E-state index contributed by atoms with van der Waals surface area (Å²) in [5.74, 6) is -0.105. The first-order chi connectivity index (χ1) is 15.9. The summed E-state index contributed by atoms with van der Waals surface area (Å²) in [6, 6.07) is 9.13. The quantitative estimate of drug-likeness (QED) is 0.628. The van der Waals surface area contributed by atoms with Gasteiger partial charge >= 0.3 is 0 Å². The molecule has 172 valence electrons. The molecule has 2 amide bonds. The second-order valence-electron chi connectivity index (χ2n) is 8.20. The number of methoxy groups -OCH3 is 1. The molecule has 2 aromatic heterocycles. The van der Waals surface area contributed by atoms with Gasteiger partial charge in [0, 0.05) is 49.9 Å². The lowest BCUT2D eigenvalue weighted by Gasteiger charge is -2.21. The maximum absolute atomic E-state index is 13.3. The molecular weight excluding hydrogens is 438 g/mol. The highest BCUT2D eigenvalue weighted by Gasteiger charge is 2.27. The molecule has 0 unspecified atom stereocenters. The van der Waals surface area contributed by atoms with Gasteiger partial charge in [-0.1, -0.05) is 17.7 Å². The summed E-state index contributed by atoms with van der Waals surface area (Å²) in [6.07, 6.45) is 0.379. The molecular formula is C25H27N3O4S. The van der Waals surface area contributed by atoms with Gasteiger partial charge in [0.1, 0.15) is 11.3 Å². The second kappa shape index (κ2) is 9.62. The number of nitrogens with zero attached hydrogens (tertiary/aromatic N) is 2. The van der Waals surface area contributed by atoms with Crippen LogP contribution in [0.3, 0.4) is 0 Å². The molecule has 0 radical (unpaired) electrons. The Bertz CT molecular complexity index is 1250. The minimum absolute atomic E-state index is 0.0625. The molecule has 3 heterocycles. The largest absolute Gasteiger partial charge is 0.496 e. The number of amides is 2. The van der Waals surface area contributed by atoms with Gasteiger partial charge in [-0.2, -0.15) is 11.3 Å². The first-order valence-electron chi connectivity index (χ1n) is 10.9. The molecule has 0 bridgehead atoms. The molecule has 1 aliphatic rings. The molecule has 8 heteroatoms. The number of carbonyl (C=O) groups is 2. The molecule has 1 aromatic carbocycles. The van der Waals surface area contributed by atoms with Gasteiger partial charge < -0.3 is 19.5 Å². The van der Waals surface area contributed by atoms with E-state index in [0.717, 1.165) is 16.7 Å². The number of hydrogen-bond acceptors (Lipinski definition) is 5. The standard InChI is InChI=1S/C25H27N3O4S/c1-16-4-5-17(2)19(12-16)25(31)27-8-6-20-23(24(30)26-14-18-7-11-33-15-18)21(32-3)13-22(29)28(20)10-9-27/h4-5,7,11-13,15H,6,8-10,14H2,1-3H3,(H,26,30). The van der Waals surface area contributed by atoms with Crippen molar-refractivity contribution in [3.8, 4) is 5.75 Å². The topological polar surface area (TPSA) is 80.6 Å². The Balaban J connectivity index is 1.63. The molecule has 0 atom stereocenters. The number of aromatic nitrogens is 1. The lowest BCUT2D eigenvalue weighted by molar-refractivity contribution is 0.0758. The molecule has 1 aliphatic heterocycles. The predicted molar refractivity (Wildman–Crippen MR) is 128 cm³/mol.